The van der Waals surface area contributed by atoms with Crippen molar-refractivity contribution in [3.63, 3.8) is 0 Å². The standard InChI is InChI=1S/C15H16N6O2/c1-9-2-4-22-12-6-10-11(7-13(12)23-5-3-9)16-8-17-14(10)15-18-20-21-19-15/h6-9H,2-5H2,1H3,(H,18,19,20,21). The molecule has 1 unspecified atom stereocenters. The summed E-state index contributed by atoms with van der Waals surface area (Å²) in [6, 6.07) is 3.79. The number of nitrogens with one attached hydrogen (secondary N) is 1. The van der Waals surface area contributed by atoms with Gasteiger partial charge in [-0.05, 0) is 35.3 Å². The lowest BCUT2D eigenvalue weighted by Gasteiger charge is -2.12. The summed E-state index contributed by atoms with van der Waals surface area (Å²) in [5.74, 6) is 2.49. The van der Waals surface area contributed by atoms with Crippen LogP contribution in [0.25, 0.3) is 22.4 Å². The van der Waals surface area contributed by atoms with E-state index in [0.717, 1.165) is 23.7 Å². The Bertz CT molecular complexity index is 820. The summed E-state index contributed by atoms with van der Waals surface area (Å²) in [7, 11) is 0. The largest absolute Gasteiger partial charge is 0.490 e. The summed E-state index contributed by atoms with van der Waals surface area (Å²) in [5.41, 5.74) is 1.40. The normalized spacial score (nSPS) is 18.2. The van der Waals surface area contributed by atoms with E-state index in [0.29, 0.717) is 42.1 Å². The lowest BCUT2D eigenvalue weighted by Crippen LogP contribution is -2.04. The van der Waals surface area contributed by atoms with Gasteiger partial charge in [-0.3, -0.25) is 0 Å². The van der Waals surface area contributed by atoms with Crippen LogP contribution in [-0.4, -0.2) is 43.8 Å². The zero-order valence-electron chi connectivity index (χ0n) is 12.7. The van der Waals surface area contributed by atoms with Gasteiger partial charge in [0.2, 0.25) is 0 Å². The smallest absolute Gasteiger partial charge is 0.198 e. The number of hydrogen-bond donors (Lipinski definition) is 1. The minimum atomic E-state index is 0.495. The minimum Gasteiger partial charge on any atom is -0.490 e. The van der Waals surface area contributed by atoms with Gasteiger partial charge < -0.3 is 9.47 Å². The number of fused-ring (bicyclic) bond motifs is 2. The van der Waals surface area contributed by atoms with Crippen molar-refractivity contribution in [2.75, 3.05) is 13.2 Å². The van der Waals surface area contributed by atoms with Crippen LogP contribution in [0, 0.1) is 5.92 Å². The Morgan fingerprint density at radius 2 is 1.87 bits per heavy atom. The fraction of sp³-hybridized carbons (Fsp3) is 0.400. The van der Waals surface area contributed by atoms with E-state index in [2.05, 4.69) is 37.5 Å². The maximum atomic E-state index is 5.92. The lowest BCUT2D eigenvalue weighted by molar-refractivity contribution is 0.283. The molecular weight excluding hydrogens is 296 g/mol. The molecular formula is C15H16N6O2. The highest BCUT2D eigenvalue weighted by Crippen LogP contribution is 2.35. The number of benzene rings is 1. The van der Waals surface area contributed by atoms with Gasteiger partial charge in [0, 0.05) is 11.5 Å². The van der Waals surface area contributed by atoms with E-state index in [-0.39, 0.29) is 0 Å². The van der Waals surface area contributed by atoms with Gasteiger partial charge in [-0.25, -0.2) is 15.1 Å². The molecule has 0 aliphatic carbocycles. The Labute approximate surface area is 132 Å². The molecule has 1 atom stereocenters. The van der Waals surface area contributed by atoms with Crippen LogP contribution in [0.2, 0.25) is 0 Å². The molecule has 4 rings (SSSR count). The molecule has 118 valence electrons. The van der Waals surface area contributed by atoms with Gasteiger partial charge in [0.25, 0.3) is 0 Å². The molecule has 0 radical (unpaired) electrons. The predicted octanol–water partition coefficient (Wildman–Crippen LogP) is 2.00. The average molecular weight is 312 g/mol. The molecule has 0 bridgehead atoms. The first-order chi connectivity index (χ1) is 11.3. The van der Waals surface area contributed by atoms with Crippen LogP contribution < -0.4 is 9.47 Å². The molecule has 1 N–H and O–H groups in total. The van der Waals surface area contributed by atoms with E-state index in [4.69, 9.17) is 9.47 Å². The van der Waals surface area contributed by atoms with Gasteiger partial charge in [0.05, 0.1) is 18.7 Å². The number of rotatable bonds is 1. The van der Waals surface area contributed by atoms with Crippen LogP contribution >= 0.6 is 0 Å². The van der Waals surface area contributed by atoms with Gasteiger partial charge in [0.15, 0.2) is 17.3 Å². The molecule has 2 aromatic heterocycles. The molecule has 1 aromatic carbocycles. The monoisotopic (exact) mass is 312 g/mol. The summed E-state index contributed by atoms with van der Waals surface area (Å²) in [4.78, 5) is 8.61. The Balaban J connectivity index is 1.83. The first-order valence-corrected chi connectivity index (χ1v) is 7.59. The third kappa shape index (κ3) is 2.67. The van der Waals surface area contributed by atoms with Gasteiger partial charge in [0.1, 0.15) is 12.0 Å². The summed E-state index contributed by atoms with van der Waals surface area (Å²) < 4.78 is 11.8. The van der Waals surface area contributed by atoms with Crippen molar-refractivity contribution in [3.8, 4) is 23.0 Å². The zero-order valence-corrected chi connectivity index (χ0v) is 12.7. The summed E-state index contributed by atoms with van der Waals surface area (Å²) in [6.45, 7) is 3.54. The van der Waals surface area contributed by atoms with E-state index in [1.807, 2.05) is 12.1 Å². The highest BCUT2D eigenvalue weighted by atomic mass is 16.5. The van der Waals surface area contributed by atoms with Crippen LogP contribution in [-0.2, 0) is 0 Å². The third-order valence-electron chi connectivity index (χ3n) is 4.01. The molecule has 0 saturated heterocycles. The van der Waals surface area contributed by atoms with Gasteiger partial charge in [-0.1, -0.05) is 6.92 Å². The van der Waals surface area contributed by atoms with Gasteiger partial charge >= 0.3 is 0 Å². The molecule has 1 aliphatic heterocycles. The fourth-order valence-electron chi connectivity index (χ4n) is 2.62. The van der Waals surface area contributed by atoms with Crippen molar-refractivity contribution in [3.05, 3.63) is 18.5 Å². The van der Waals surface area contributed by atoms with Crippen molar-refractivity contribution >= 4 is 10.9 Å². The molecule has 0 spiro atoms. The second-order valence-corrected chi connectivity index (χ2v) is 5.67. The summed E-state index contributed by atoms with van der Waals surface area (Å²) in [5, 5.41) is 14.7. The molecule has 0 saturated carbocycles. The number of aromatic nitrogens is 6. The molecule has 1 aliphatic rings. The number of aromatic amines is 1. The molecule has 8 nitrogen and oxygen atoms in total. The second kappa shape index (κ2) is 5.79. The van der Waals surface area contributed by atoms with Crippen LogP contribution in [0.3, 0.4) is 0 Å². The van der Waals surface area contributed by atoms with E-state index < -0.39 is 0 Å². The first kappa shape index (κ1) is 13.9. The number of H-pyrrole nitrogens is 1. The van der Waals surface area contributed by atoms with E-state index in [9.17, 15) is 0 Å². The van der Waals surface area contributed by atoms with Crippen molar-refractivity contribution in [2.45, 2.75) is 19.8 Å². The van der Waals surface area contributed by atoms with Gasteiger partial charge in [-0.15, -0.1) is 5.10 Å². The maximum Gasteiger partial charge on any atom is 0.198 e. The Kier molecular flexibility index (Phi) is 3.49. The zero-order chi connectivity index (χ0) is 15.6. The molecule has 3 aromatic rings. The van der Waals surface area contributed by atoms with Crippen molar-refractivity contribution < 1.29 is 9.47 Å². The maximum absolute atomic E-state index is 5.92. The Morgan fingerprint density at radius 3 is 2.61 bits per heavy atom. The molecule has 0 fully saturated rings. The third-order valence-corrected chi connectivity index (χ3v) is 4.01. The van der Waals surface area contributed by atoms with Crippen LogP contribution in [0.4, 0.5) is 0 Å². The van der Waals surface area contributed by atoms with Crippen molar-refractivity contribution in [1.82, 2.24) is 30.6 Å². The SMILES string of the molecule is CC1CCOc2cc3ncnc(-c4nnn[nH]4)c3cc2OCC1. The molecule has 23 heavy (non-hydrogen) atoms. The van der Waals surface area contributed by atoms with E-state index >= 15 is 0 Å². The van der Waals surface area contributed by atoms with E-state index in [1.165, 1.54) is 6.33 Å². The highest BCUT2D eigenvalue weighted by Gasteiger charge is 2.17. The quantitative estimate of drug-likeness (QED) is 0.733. The van der Waals surface area contributed by atoms with Crippen LogP contribution in [0.1, 0.15) is 19.8 Å². The number of nitrogens with zero attached hydrogens (tertiary/aromatic N) is 5. The number of tetrazole rings is 1. The predicted molar refractivity (Wildman–Crippen MR) is 82.1 cm³/mol. The van der Waals surface area contributed by atoms with Gasteiger partial charge in [-0.2, -0.15) is 0 Å². The lowest BCUT2D eigenvalue weighted by atomic mass is 10.1. The number of ether oxygens (including phenoxy) is 2. The Morgan fingerprint density at radius 1 is 1.09 bits per heavy atom. The summed E-state index contributed by atoms with van der Waals surface area (Å²) >= 11 is 0. The molecule has 3 heterocycles. The average Bonchev–Trinajstić information content (AvgIpc) is 3.09. The van der Waals surface area contributed by atoms with Crippen LogP contribution in [0.15, 0.2) is 18.5 Å². The summed E-state index contributed by atoms with van der Waals surface area (Å²) in [6.07, 6.45) is 3.51. The topological polar surface area (TPSA) is 98.7 Å². The molecule has 8 heteroatoms. The second-order valence-electron chi connectivity index (χ2n) is 5.67. The minimum absolute atomic E-state index is 0.495. The molecule has 0 amide bonds. The fourth-order valence-corrected chi connectivity index (χ4v) is 2.62. The Hall–Kier alpha value is -2.77. The van der Waals surface area contributed by atoms with Crippen molar-refractivity contribution in [1.29, 1.82) is 0 Å². The number of hydrogen-bond acceptors (Lipinski definition) is 7. The highest BCUT2D eigenvalue weighted by molar-refractivity contribution is 5.92. The van der Waals surface area contributed by atoms with Crippen molar-refractivity contribution in [2.24, 2.45) is 5.92 Å². The first-order valence-electron chi connectivity index (χ1n) is 7.59. The van der Waals surface area contributed by atoms with Crippen LogP contribution in [0.5, 0.6) is 11.5 Å². The van der Waals surface area contributed by atoms with E-state index in [1.54, 1.807) is 0 Å².